The van der Waals surface area contributed by atoms with Crippen molar-refractivity contribution in [3.63, 3.8) is 0 Å². The zero-order valence-corrected chi connectivity index (χ0v) is 13.1. The normalized spacial score (nSPS) is 20.2. The van der Waals surface area contributed by atoms with Crippen molar-refractivity contribution in [1.82, 2.24) is 9.55 Å². The summed E-state index contributed by atoms with van der Waals surface area (Å²) >= 11 is 0. The molecule has 2 aromatic heterocycles. The molecule has 0 saturated carbocycles. The van der Waals surface area contributed by atoms with Crippen molar-refractivity contribution < 1.29 is 18.1 Å². The summed E-state index contributed by atoms with van der Waals surface area (Å²) in [5.74, 6) is 0. The van der Waals surface area contributed by atoms with Crippen LogP contribution in [-0.4, -0.2) is 34.3 Å². The minimum atomic E-state index is -2.42. The van der Waals surface area contributed by atoms with E-state index in [2.05, 4.69) is 4.98 Å². The van der Waals surface area contributed by atoms with E-state index in [4.69, 9.17) is 9.31 Å². The number of halogens is 2. The number of alkyl halides is 2. The summed E-state index contributed by atoms with van der Waals surface area (Å²) in [7, 11) is -0.530. The standard InChI is InChI=1S/C15H19BF2N2O2/c1-14(2)15(3,4)22-16(21-14)11-5-7-19-13-10(11)6-8-20(13)9-12(17)18/h5-8,12H,9H2,1-4H3. The van der Waals surface area contributed by atoms with Gasteiger partial charge in [-0.2, -0.15) is 0 Å². The Kier molecular flexibility index (Phi) is 3.53. The lowest BCUT2D eigenvalue weighted by atomic mass is 9.78. The zero-order chi connectivity index (χ0) is 16.1. The molecule has 0 aliphatic carbocycles. The van der Waals surface area contributed by atoms with Gasteiger partial charge in [0.05, 0.1) is 17.7 Å². The Morgan fingerprint density at radius 2 is 1.82 bits per heavy atom. The Morgan fingerprint density at radius 3 is 2.41 bits per heavy atom. The van der Waals surface area contributed by atoms with Crippen LogP contribution in [0, 0.1) is 0 Å². The minimum absolute atomic E-state index is 0.372. The maximum absolute atomic E-state index is 12.6. The Hall–Kier alpha value is -1.47. The number of pyridine rings is 1. The Balaban J connectivity index is 2.01. The molecule has 1 aliphatic heterocycles. The Morgan fingerprint density at radius 1 is 1.18 bits per heavy atom. The number of nitrogens with zero attached hydrogens (tertiary/aromatic N) is 2. The first-order chi connectivity index (χ1) is 10.2. The molecule has 0 bridgehead atoms. The lowest BCUT2D eigenvalue weighted by molar-refractivity contribution is 0.00578. The van der Waals surface area contributed by atoms with Crippen molar-refractivity contribution in [2.75, 3.05) is 0 Å². The van der Waals surface area contributed by atoms with Crippen molar-refractivity contribution >= 4 is 23.6 Å². The molecule has 7 heteroatoms. The smallest absolute Gasteiger partial charge is 0.399 e. The van der Waals surface area contributed by atoms with Gasteiger partial charge in [0.15, 0.2) is 0 Å². The van der Waals surface area contributed by atoms with Gasteiger partial charge < -0.3 is 13.9 Å². The maximum atomic E-state index is 12.6. The average molecular weight is 308 g/mol. The monoisotopic (exact) mass is 308 g/mol. The van der Waals surface area contributed by atoms with Crippen LogP contribution in [0.15, 0.2) is 24.5 Å². The molecule has 0 spiro atoms. The van der Waals surface area contributed by atoms with E-state index in [1.807, 2.05) is 33.8 Å². The molecule has 2 aromatic rings. The van der Waals surface area contributed by atoms with Gasteiger partial charge in [-0.25, -0.2) is 13.8 Å². The van der Waals surface area contributed by atoms with E-state index in [1.165, 1.54) is 4.57 Å². The SMILES string of the molecule is CC1(C)OB(c2ccnc3c2ccn3CC(F)F)OC1(C)C. The molecular weight excluding hydrogens is 289 g/mol. The molecule has 3 heterocycles. The molecule has 0 aromatic carbocycles. The number of hydrogen-bond donors (Lipinski definition) is 0. The highest BCUT2D eigenvalue weighted by molar-refractivity contribution is 6.65. The minimum Gasteiger partial charge on any atom is -0.399 e. The van der Waals surface area contributed by atoms with Crippen LogP contribution in [0.4, 0.5) is 8.78 Å². The van der Waals surface area contributed by atoms with Gasteiger partial charge in [-0.15, -0.1) is 0 Å². The van der Waals surface area contributed by atoms with E-state index in [0.717, 1.165) is 10.8 Å². The lowest BCUT2D eigenvalue weighted by Crippen LogP contribution is -2.41. The first-order valence-corrected chi connectivity index (χ1v) is 7.29. The summed E-state index contributed by atoms with van der Waals surface area (Å²) in [6, 6.07) is 3.60. The predicted molar refractivity (Wildman–Crippen MR) is 81.5 cm³/mol. The van der Waals surface area contributed by atoms with Crippen LogP contribution in [0.25, 0.3) is 11.0 Å². The molecule has 0 unspecified atom stereocenters. The van der Waals surface area contributed by atoms with E-state index >= 15 is 0 Å². The second-order valence-electron chi connectivity index (χ2n) is 6.58. The third-order valence-corrected chi connectivity index (χ3v) is 4.54. The fraction of sp³-hybridized carbons (Fsp3) is 0.533. The molecule has 0 N–H and O–H groups in total. The van der Waals surface area contributed by atoms with Gasteiger partial charge in [-0.3, -0.25) is 0 Å². The third kappa shape index (κ3) is 2.42. The van der Waals surface area contributed by atoms with E-state index in [0.29, 0.717) is 5.65 Å². The van der Waals surface area contributed by atoms with E-state index in [1.54, 1.807) is 18.5 Å². The van der Waals surface area contributed by atoms with Crippen molar-refractivity contribution in [3.05, 3.63) is 24.5 Å². The second-order valence-corrected chi connectivity index (χ2v) is 6.58. The predicted octanol–water partition coefficient (Wildman–Crippen LogP) is 2.60. The third-order valence-electron chi connectivity index (χ3n) is 4.54. The molecule has 118 valence electrons. The van der Waals surface area contributed by atoms with Gasteiger partial charge in [0.25, 0.3) is 6.43 Å². The van der Waals surface area contributed by atoms with Crippen LogP contribution >= 0.6 is 0 Å². The van der Waals surface area contributed by atoms with Crippen LogP contribution in [0.1, 0.15) is 27.7 Å². The first kappa shape index (κ1) is 15.4. The van der Waals surface area contributed by atoms with Crippen molar-refractivity contribution in [2.45, 2.75) is 51.9 Å². The van der Waals surface area contributed by atoms with E-state index in [9.17, 15) is 8.78 Å². The molecule has 1 aliphatic rings. The van der Waals surface area contributed by atoms with Crippen LogP contribution in [0.2, 0.25) is 0 Å². The van der Waals surface area contributed by atoms with Gasteiger partial charge in [0.1, 0.15) is 5.65 Å². The highest BCUT2D eigenvalue weighted by Gasteiger charge is 2.52. The number of rotatable bonds is 3. The van der Waals surface area contributed by atoms with Gasteiger partial charge in [0, 0.05) is 17.8 Å². The summed E-state index contributed by atoms with van der Waals surface area (Å²) in [5.41, 5.74) is 0.446. The first-order valence-electron chi connectivity index (χ1n) is 7.29. The lowest BCUT2D eigenvalue weighted by Gasteiger charge is -2.32. The molecule has 1 saturated heterocycles. The summed E-state index contributed by atoms with van der Waals surface area (Å²) in [5, 5.41) is 0.779. The fourth-order valence-electron chi connectivity index (χ4n) is 2.58. The van der Waals surface area contributed by atoms with Gasteiger partial charge >= 0.3 is 7.12 Å². The van der Waals surface area contributed by atoms with Crippen molar-refractivity contribution in [3.8, 4) is 0 Å². The fourth-order valence-corrected chi connectivity index (χ4v) is 2.58. The van der Waals surface area contributed by atoms with Crippen molar-refractivity contribution in [2.24, 2.45) is 0 Å². The summed E-state index contributed by atoms with van der Waals surface area (Å²) < 4.78 is 38.8. The number of fused-ring (bicyclic) bond motifs is 1. The molecule has 22 heavy (non-hydrogen) atoms. The molecular formula is C15H19BF2N2O2. The van der Waals surface area contributed by atoms with E-state index in [-0.39, 0.29) is 6.54 Å². The molecule has 1 fully saturated rings. The van der Waals surface area contributed by atoms with Crippen LogP contribution in [0.5, 0.6) is 0 Å². The van der Waals surface area contributed by atoms with Crippen LogP contribution in [0.3, 0.4) is 0 Å². The summed E-state index contributed by atoms with van der Waals surface area (Å²) in [6.45, 7) is 7.55. The highest BCUT2D eigenvalue weighted by atomic mass is 19.3. The average Bonchev–Trinajstić information content (AvgIpc) is 2.88. The molecule has 0 atom stereocenters. The summed E-state index contributed by atoms with van der Waals surface area (Å²) in [4.78, 5) is 4.22. The largest absolute Gasteiger partial charge is 0.495 e. The molecule has 0 amide bonds. The van der Waals surface area contributed by atoms with Crippen LogP contribution in [-0.2, 0) is 15.9 Å². The second kappa shape index (κ2) is 5.03. The van der Waals surface area contributed by atoms with Gasteiger partial charge in [-0.05, 0) is 45.3 Å². The van der Waals surface area contributed by atoms with Gasteiger partial charge in [-0.1, -0.05) is 0 Å². The quantitative estimate of drug-likeness (QED) is 0.818. The molecule has 3 rings (SSSR count). The zero-order valence-electron chi connectivity index (χ0n) is 13.1. The van der Waals surface area contributed by atoms with Crippen molar-refractivity contribution in [1.29, 1.82) is 0 Å². The maximum Gasteiger partial charge on any atom is 0.495 e. The van der Waals surface area contributed by atoms with Crippen LogP contribution < -0.4 is 5.46 Å². The Bertz CT molecular complexity index is 684. The van der Waals surface area contributed by atoms with E-state index < -0.39 is 24.7 Å². The summed E-state index contributed by atoms with van der Waals surface area (Å²) in [6.07, 6.45) is 0.807. The molecule has 0 radical (unpaired) electrons. The number of aromatic nitrogens is 2. The Labute approximate surface area is 128 Å². The number of hydrogen-bond acceptors (Lipinski definition) is 3. The topological polar surface area (TPSA) is 36.3 Å². The van der Waals surface area contributed by atoms with Gasteiger partial charge in [0.2, 0.25) is 0 Å². The highest BCUT2D eigenvalue weighted by Crippen LogP contribution is 2.36. The molecule has 4 nitrogen and oxygen atoms in total.